The van der Waals surface area contributed by atoms with Crippen LogP contribution in [-0.2, 0) is 32.8 Å². The molecular weight excluding hydrogens is 466 g/mol. The number of likely N-dealkylation sites (tertiary alicyclic amines) is 1. The molecule has 3 amide bonds. The Balaban J connectivity index is 1.41. The number of aromatic hydroxyl groups is 1. The van der Waals surface area contributed by atoms with Gasteiger partial charge in [0.1, 0.15) is 11.3 Å². The minimum absolute atomic E-state index is 0.159. The molecule has 2 fully saturated rings. The second kappa shape index (κ2) is 8.56. The second-order valence-electron chi connectivity index (χ2n) is 10.4. The van der Waals surface area contributed by atoms with Crippen molar-refractivity contribution in [2.45, 2.75) is 38.3 Å². The summed E-state index contributed by atoms with van der Waals surface area (Å²) < 4.78 is 0. The van der Waals surface area contributed by atoms with Crippen LogP contribution in [-0.4, -0.2) is 40.3 Å². The van der Waals surface area contributed by atoms with Crippen molar-refractivity contribution in [2.75, 3.05) is 11.9 Å². The minimum atomic E-state index is -1.31. The number of hydrogen-bond acceptors (Lipinski definition) is 5. The average Bonchev–Trinajstić information content (AvgIpc) is 3.47. The van der Waals surface area contributed by atoms with Crippen molar-refractivity contribution in [2.24, 2.45) is 11.8 Å². The molecule has 1 spiro atoms. The van der Waals surface area contributed by atoms with Crippen LogP contribution >= 0.6 is 0 Å². The molecule has 3 N–H and O–H groups in total. The molecule has 0 aromatic heterocycles. The number of imide groups is 1. The highest BCUT2D eigenvalue weighted by Gasteiger charge is 2.70. The van der Waals surface area contributed by atoms with Crippen molar-refractivity contribution in [3.05, 3.63) is 94.5 Å². The second-order valence-corrected chi connectivity index (χ2v) is 10.4. The number of carbonyl (C=O) groups is 3. The molecule has 6 rings (SSSR count). The van der Waals surface area contributed by atoms with Crippen LogP contribution in [0.1, 0.15) is 27.8 Å². The molecule has 188 valence electrons. The van der Waals surface area contributed by atoms with Crippen LogP contribution in [0.5, 0.6) is 5.75 Å². The SMILES string of the molecule is Cc1ccc2c(c1C)NC(=O)[C@@]21N[C@@H](Cc2ccc(O)cc2)[C@H]2C(=O)N(CCc3ccccc3)C(=O)[C@@H]21. The summed E-state index contributed by atoms with van der Waals surface area (Å²) in [6, 6.07) is 20.1. The fourth-order valence-electron chi connectivity index (χ4n) is 6.35. The van der Waals surface area contributed by atoms with Crippen molar-refractivity contribution >= 4 is 23.4 Å². The highest BCUT2D eigenvalue weighted by Crippen LogP contribution is 2.54. The molecule has 0 unspecified atom stereocenters. The topological polar surface area (TPSA) is 98.7 Å². The lowest BCUT2D eigenvalue weighted by molar-refractivity contribution is -0.142. The lowest BCUT2D eigenvalue weighted by atomic mass is 9.75. The van der Waals surface area contributed by atoms with Gasteiger partial charge in [0.25, 0.3) is 0 Å². The summed E-state index contributed by atoms with van der Waals surface area (Å²) in [6.45, 7) is 4.22. The molecule has 0 radical (unpaired) electrons. The highest BCUT2D eigenvalue weighted by atomic mass is 16.3. The Labute approximate surface area is 215 Å². The first-order valence-electron chi connectivity index (χ1n) is 12.7. The van der Waals surface area contributed by atoms with Gasteiger partial charge in [0, 0.05) is 23.8 Å². The Morgan fingerprint density at radius 3 is 2.35 bits per heavy atom. The van der Waals surface area contributed by atoms with Crippen LogP contribution in [0.4, 0.5) is 5.69 Å². The van der Waals surface area contributed by atoms with E-state index in [1.807, 2.05) is 68.4 Å². The summed E-state index contributed by atoms with van der Waals surface area (Å²) in [4.78, 5) is 42.9. The number of nitrogens with zero attached hydrogens (tertiary/aromatic N) is 1. The maximum Gasteiger partial charge on any atom is 0.250 e. The van der Waals surface area contributed by atoms with E-state index in [1.165, 1.54) is 4.90 Å². The summed E-state index contributed by atoms with van der Waals surface area (Å²) in [7, 11) is 0. The van der Waals surface area contributed by atoms with Gasteiger partial charge in [-0.3, -0.25) is 24.6 Å². The smallest absolute Gasteiger partial charge is 0.250 e. The van der Waals surface area contributed by atoms with E-state index in [2.05, 4.69) is 10.6 Å². The zero-order chi connectivity index (χ0) is 25.9. The quantitative estimate of drug-likeness (QED) is 0.472. The number of benzene rings is 3. The maximum atomic E-state index is 14.0. The number of amides is 3. The summed E-state index contributed by atoms with van der Waals surface area (Å²) in [5, 5.41) is 16.2. The van der Waals surface area contributed by atoms with E-state index in [9.17, 15) is 19.5 Å². The standard InChI is InChI=1S/C30H29N3O4/c1-17-8-13-22-26(18(17)2)31-29(37)30(22)25-24(23(32-30)16-20-9-11-21(34)12-10-20)27(35)33(28(25)36)15-14-19-6-4-3-5-7-19/h3-13,23-25,32,34H,14-16H2,1-2H3,(H,31,37)/t23-,24+,25+,30+/m0/s1. The Morgan fingerprint density at radius 2 is 1.62 bits per heavy atom. The van der Waals surface area contributed by atoms with Gasteiger partial charge in [-0.2, -0.15) is 0 Å². The lowest BCUT2D eigenvalue weighted by Crippen LogP contribution is -2.53. The van der Waals surface area contributed by atoms with Crippen molar-refractivity contribution in [3.8, 4) is 5.75 Å². The molecule has 2 saturated heterocycles. The van der Waals surface area contributed by atoms with Gasteiger partial charge in [0.2, 0.25) is 17.7 Å². The predicted molar refractivity (Wildman–Crippen MR) is 139 cm³/mol. The van der Waals surface area contributed by atoms with Gasteiger partial charge in [0.05, 0.1) is 11.8 Å². The van der Waals surface area contributed by atoms with Gasteiger partial charge >= 0.3 is 0 Å². The Bertz CT molecular complexity index is 1420. The highest BCUT2D eigenvalue weighted by molar-refractivity contribution is 6.15. The minimum Gasteiger partial charge on any atom is -0.508 e. The fraction of sp³-hybridized carbons (Fsp3) is 0.300. The molecule has 0 saturated carbocycles. The number of aryl methyl sites for hydroxylation is 1. The van der Waals surface area contributed by atoms with Crippen LogP contribution in [0, 0.1) is 25.7 Å². The van der Waals surface area contributed by atoms with E-state index in [1.54, 1.807) is 12.1 Å². The summed E-state index contributed by atoms with van der Waals surface area (Å²) in [6.07, 6.45) is 1.00. The molecule has 37 heavy (non-hydrogen) atoms. The van der Waals surface area contributed by atoms with Gasteiger partial charge in [-0.15, -0.1) is 0 Å². The van der Waals surface area contributed by atoms with Crippen molar-refractivity contribution < 1.29 is 19.5 Å². The average molecular weight is 496 g/mol. The van der Waals surface area contributed by atoms with Crippen molar-refractivity contribution in [3.63, 3.8) is 0 Å². The number of carbonyl (C=O) groups excluding carboxylic acids is 3. The molecule has 3 aromatic carbocycles. The van der Waals surface area contributed by atoms with Crippen LogP contribution < -0.4 is 10.6 Å². The first kappa shape index (κ1) is 23.4. The maximum absolute atomic E-state index is 14.0. The van der Waals surface area contributed by atoms with Gasteiger partial charge < -0.3 is 10.4 Å². The van der Waals surface area contributed by atoms with Crippen LogP contribution in [0.2, 0.25) is 0 Å². The molecule has 3 aliphatic heterocycles. The Morgan fingerprint density at radius 1 is 0.892 bits per heavy atom. The number of fused-ring (bicyclic) bond motifs is 4. The van der Waals surface area contributed by atoms with Crippen LogP contribution in [0.25, 0.3) is 0 Å². The Hall–Kier alpha value is -3.97. The number of rotatable bonds is 5. The molecular formula is C30H29N3O4. The van der Waals surface area contributed by atoms with Crippen LogP contribution in [0.3, 0.4) is 0 Å². The van der Waals surface area contributed by atoms with Crippen LogP contribution in [0.15, 0.2) is 66.7 Å². The first-order chi connectivity index (χ1) is 17.8. The van der Waals surface area contributed by atoms with E-state index in [0.717, 1.165) is 33.5 Å². The largest absolute Gasteiger partial charge is 0.508 e. The number of nitrogens with one attached hydrogen (secondary N) is 2. The molecule has 3 aliphatic rings. The van der Waals surface area contributed by atoms with E-state index in [4.69, 9.17) is 0 Å². The van der Waals surface area contributed by atoms with Gasteiger partial charge in [-0.05, 0) is 61.1 Å². The molecule has 7 heteroatoms. The van der Waals surface area contributed by atoms with Gasteiger partial charge in [0.15, 0.2) is 0 Å². The third kappa shape index (κ3) is 3.49. The molecule has 7 nitrogen and oxygen atoms in total. The zero-order valence-corrected chi connectivity index (χ0v) is 20.8. The van der Waals surface area contributed by atoms with E-state index < -0.39 is 23.4 Å². The number of phenols is 1. The molecule has 0 aliphatic carbocycles. The van der Waals surface area contributed by atoms with E-state index in [-0.39, 0.29) is 30.0 Å². The number of hydrogen-bond donors (Lipinski definition) is 3. The monoisotopic (exact) mass is 495 g/mol. The molecule has 0 bridgehead atoms. The zero-order valence-electron chi connectivity index (χ0n) is 20.8. The van der Waals surface area contributed by atoms with Gasteiger partial charge in [-0.1, -0.05) is 54.6 Å². The molecule has 3 aromatic rings. The summed E-state index contributed by atoms with van der Waals surface area (Å²) >= 11 is 0. The third-order valence-electron chi connectivity index (χ3n) is 8.37. The Kier molecular flexibility index (Phi) is 5.42. The van der Waals surface area contributed by atoms with Crippen molar-refractivity contribution in [1.29, 1.82) is 0 Å². The predicted octanol–water partition coefficient (Wildman–Crippen LogP) is 3.21. The van der Waals surface area contributed by atoms with Crippen molar-refractivity contribution in [1.82, 2.24) is 10.2 Å². The van der Waals surface area contributed by atoms with E-state index >= 15 is 0 Å². The van der Waals surface area contributed by atoms with Gasteiger partial charge in [-0.25, -0.2) is 0 Å². The number of phenolic OH excluding ortho intramolecular Hbond substituents is 1. The molecule has 4 atom stereocenters. The molecule has 3 heterocycles. The number of anilines is 1. The third-order valence-corrected chi connectivity index (χ3v) is 8.37. The first-order valence-corrected chi connectivity index (χ1v) is 12.7. The van der Waals surface area contributed by atoms with E-state index in [0.29, 0.717) is 12.8 Å². The normalized spacial score (nSPS) is 26.1. The lowest BCUT2D eigenvalue weighted by Gasteiger charge is -2.29. The summed E-state index contributed by atoms with van der Waals surface area (Å²) in [5.74, 6) is -2.16. The fourth-order valence-corrected chi connectivity index (χ4v) is 6.35. The summed E-state index contributed by atoms with van der Waals surface area (Å²) in [5.41, 5.74) is 4.11.